The first kappa shape index (κ1) is 11.7. The third-order valence-electron chi connectivity index (χ3n) is 3.60. The molecular formula is C17H15NO. The number of nitrogens with zero attached hydrogens (tertiary/aromatic N) is 1. The van der Waals surface area contributed by atoms with Crippen molar-refractivity contribution in [3.63, 3.8) is 0 Å². The molecule has 0 aromatic heterocycles. The van der Waals surface area contributed by atoms with Crippen molar-refractivity contribution in [3.05, 3.63) is 71.3 Å². The van der Waals surface area contributed by atoms with Crippen LogP contribution in [-0.4, -0.2) is 12.8 Å². The van der Waals surface area contributed by atoms with E-state index in [4.69, 9.17) is 0 Å². The monoisotopic (exact) mass is 249 g/mol. The van der Waals surface area contributed by atoms with Gasteiger partial charge in [-0.1, -0.05) is 49.1 Å². The zero-order chi connectivity index (χ0) is 13.4. The van der Waals surface area contributed by atoms with Gasteiger partial charge in [0.15, 0.2) is 5.78 Å². The fourth-order valence-electron chi connectivity index (χ4n) is 2.65. The molecule has 3 rings (SSSR count). The molecule has 0 spiro atoms. The molecule has 1 heterocycles. The Morgan fingerprint density at radius 1 is 1.16 bits per heavy atom. The van der Waals surface area contributed by atoms with E-state index >= 15 is 0 Å². The van der Waals surface area contributed by atoms with Crippen molar-refractivity contribution >= 4 is 17.5 Å². The summed E-state index contributed by atoms with van der Waals surface area (Å²) in [6.07, 6.45) is 1.75. The Labute approximate surface area is 113 Å². The van der Waals surface area contributed by atoms with E-state index in [2.05, 4.69) is 11.5 Å². The summed E-state index contributed by atoms with van der Waals surface area (Å²) in [5.74, 6) is 0.0884. The SMILES string of the molecule is C=Cc1cccc2c1C(=O)c1ccccc1CN2C. The maximum Gasteiger partial charge on any atom is 0.196 e. The molecule has 0 fully saturated rings. The molecule has 2 nitrogen and oxygen atoms in total. The van der Waals surface area contributed by atoms with Gasteiger partial charge in [-0.3, -0.25) is 4.79 Å². The average Bonchev–Trinajstić information content (AvgIpc) is 2.55. The van der Waals surface area contributed by atoms with Crippen LogP contribution >= 0.6 is 0 Å². The Kier molecular flexibility index (Phi) is 2.71. The molecule has 2 aromatic carbocycles. The van der Waals surface area contributed by atoms with Crippen LogP contribution in [0.1, 0.15) is 27.0 Å². The Balaban J connectivity index is 2.32. The molecule has 0 bridgehead atoms. The maximum absolute atomic E-state index is 12.8. The minimum absolute atomic E-state index is 0.0884. The minimum atomic E-state index is 0.0884. The van der Waals surface area contributed by atoms with Crippen LogP contribution in [0.15, 0.2) is 49.0 Å². The molecule has 0 aliphatic carbocycles. The topological polar surface area (TPSA) is 20.3 Å². The van der Waals surface area contributed by atoms with E-state index < -0.39 is 0 Å². The van der Waals surface area contributed by atoms with Crippen LogP contribution in [0.4, 0.5) is 5.69 Å². The zero-order valence-corrected chi connectivity index (χ0v) is 10.9. The van der Waals surface area contributed by atoms with Crippen LogP contribution in [0.5, 0.6) is 0 Å². The van der Waals surface area contributed by atoms with Gasteiger partial charge in [0.2, 0.25) is 0 Å². The van der Waals surface area contributed by atoms with E-state index in [1.165, 1.54) is 0 Å². The van der Waals surface area contributed by atoms with Crippen molar-refractivity contribution in [2.45, 2.75) is 6.54 Å². The Bertz CT molecular complexity index is 673. The van der Waals surface area contributed by atoms with Gasteiger partial charge in [-0.2, -0.15) is 0 Å². The molecule has 1 aliphatic heterocycles. The van der Waals surface area contributed by atoms with Crippen LogP contribution in [0, 0.1) is 0 Å². The van der Waals surface area contributed by atoms with E-state index in [0.29, 0.717) is 0 Å². The molecule has 2 heteroatoms. The summed E-state index contributed by atoms with van der Waals surface area (Å²) in [4.78, 5) is 14.9. The lowest BCUT2D eigenvalue weighted by Gasteiger charge is -2.19. The van der Waals surface area contributed by atoms with Gasteiger partial charge in [-0.25, -0.2) is 0 Å². The van der Waals surface area contributed by atoms with Gasteiger partial charge in [-0.15, -0.1) is 0 Å². The van der Waals surface area contributed by atoms with E-state index in [1.54, 1.807) is 6.08 Å². The first-order valence-electron chi connectivity index (χ1n) is 6.31. The van der Waals surface area contributed by atoms with Crippen molar-refractivity contribution in [3.8, 4) is 0 Å². The predicted octanol–water partition coefficient (Wildman–Crippen LogP) is 3.51. The summed E-state index contributed by atoms with van der Waals surface area (Å²) in [7, 11) is 2.01. The van der Waals surface area contributed by atoms with Crippen LogP contribution in [0.25, 0.3) is 6.08 Å². The number of carbonyl (C=O) groups is 1. The summed E-state index contributed by atoms with van der Waals surface area (Å²) in [6, 6.07) is 13.7. The zero-order valence-electron chi connectivity index (χ0n) is 10.9. The molecule has 1 aliphatic rings. The second kappa shape index (κ2) is 4.39. The lowest BCUT2D eigenvalue weighted by molar-refractivity contribution is 0.103. The first-order chi connectivity index (χ1) is 9.22. The second-order valence-corrected chi connectivity index (χ2v) is 4.79. The van der Waals surface area contributed by atoms with Crippen molar-refractivity contribution in [1.82, 2.24) is 0 Å². The van der Waals surface area contributed by atoms with Crippen molar-refractivity contribution in [2.75, 3.05) is 11.9 Å². The van der Waals surface area contributed by atoms with E-state index in [0.717, 1.165) is 34.5 Å². The summed E-state index contributed by atoms with van der Waals surface area (Å²) < 4.78 is 0. The van der Waals surface area contributed by atoms with Gasteiger partial charge in [0.25, 0.3) is 0 Å². The number of anilines is 1. The van der Waals surface area contributed by atoms with Gasteiger partial charge in [-0.05, 0) is 17.2 Å². The highest BCUT2D eigenvalue weighted by molar-refractivity contribution is 6.16. The molecule has 0 radical (unpaired) electrons. The molecular weight excluding hydrogens is 234 g/mol. The fraction of sp³-hybridized carbons (Fsp3) is 0.118. The van der Waals surface area contributed by atoms with Gasteiger partial charge in [0.1, 0.15) is 0 Å². The van der Waals surface area contributed by atoms with Crippen LogP contribution in [-0.2, 0) is 6.54 Å². The van der Waals surface area contributed by atoms with Crippen LogP contribution < -0.4 is 4.90 Å². The summed E-state index contributed by atoms with van der Waals surface area (Å²) in [5, 5.41) is 0. The van der Waals surface area contributed by atoms with Gasteiger partial charge in [0, 0.05) is 24.8 Å². The quantitative estimate of drug-likeness (QED) is 0.770. The minimum Gasteiger partial charge on any atom is -0.370 e. The molecule has 0 atom stereocenters. The highest BCUT2D eigenvalue weighted by atomic mass is 16.1. The largest absolute Gasteiger partial charge is 0.370 e. The van der Waals surface area contributed by atoms with Gasteiger partial charge in [0.05, 0.1) is 5.56 Å². The second-order valence-electron chi connectivity index (χ2n) is 4.79. The Morgan fingerprint density at radius 3 is 2.74 bits per heavy atom. The lowest BCUT2D eigenvalue weighted by Crippen LogP contribution is -2.16. The molecule has 0 amide bonds. The average molecular weight is 249 g/mol. The molecule has 0 saturated carbocycles. The number of hydrogen-bond donors (Lipinski definition) is 0. The molecule has 2 aromatic rings. The normalized spacial score (nSPS) is 13.5. The number of hydrogen-bond acceptors (Lipinski definition) is 2. The third kappa shape index (κ3) is 1.76. The van der Waals surface area contributed by atoms with E-state index in [1.807, 2.05) is 49.5 Å². The smallest absolute Gasteiger partial charge is 0.196 e. The number of ketones is 1. The number of rotatable bonds is 1. The summed E-state index contributed by atoms with van der Waals surface area (Å²) >= 11 is 0. The molecule has 0 N–H and O–H groups in total. The highest BCUT2D eigenvalue weighted by Crippen LogP contribution is 2.32. The summed E-state index contributed by atoms with van der Waals surface area (Å²) in [5.41, 5.74) is 4.48. The van der Waals surface area contributed by atoms with Gasteiger partial charge < -0.3 is 4.90 Å². The molecule has 19 heavy (non-hydrogen) atoms. The Hall–Kier alpha value is -2.35. The molecule has 0 saturated heterocycles. The van der Waals surface area contributed by atoms with E-state index in [9.17, 15) is 4.79 Å². The standard InChI is InChI=1S/C17H15NO/c1-3-12-8-6-10-15-16(12)17(19)14-9-5-4-7-13(14)11-18(15)2/h3-10H,1,11H2,2H3. The molecule has 94 valence electrons. The fourth-order valence-corrected chi connectivity index (χ4v) is 2.65. The number of benzene rings is 2. The third-order valence-corrected chi connectivity index (χ3v) is 3.60. The van der Waals surface area contributed by atoms with Crippen LogP contribution in [0.3, 0.4) is 0 Å². The van der Waals surface area contributed by atoms with E-state index in [-0.39, 0.29) is 5.78 Å². The van der Waals surface area contributed by atoms with Crippen LogP contribution in [0.2, 0.25) is 0 Å². The highest BCUT2D eigenvalue weighted by Gasteiger charge is 2.24. The number of carbonyl (C=O) groups excluding carboxylic acids is 1. The van der Waals surface area contributed by atoms with Crippen molar-refractivity contribution in [1.29, 1.82) is 0 Å². The lowest BCUT2D eigenvalue weighted by atomic mass is 9.95. The Morgan fingerprint density at radius 2 is 1.95 bits per heavy atom. The van der Waals surface area contributed by atoms with Crippen molar-refractivity contribution in [2.24, 2.45) is 0 Å². The number of fused-ring (bicyclic) bond motifs is 2. The predicted molar refractivity (Wildman–Crippen MR) is 78.5 cm³/mol. The summed E-state index contributed by atoms with van der Waals surface area (Å²) in [6.45, 7) is 4.56. The first-order valence-corrected chi connectivity index (χ1v) is 6.31. The van der Waals surface area contributed by atoms with Crippen molar-refractivity contribution < 1.29 is 4.79 Å². The molecule has 0 unspecified atom stereocenters. The van der Waals surface area contributed by atoms with Gasteiger partial charge >= 0.3 is 0 Å². The maximum atomic E-state index is 12.8.